The minimum atomic E-state index is -3.06. The van der Waals surface area contributed by atoms with E-state index in [2.05, 4.69) is 10.6 Å². The van der Waals surface area contributed by atoms with Gasteiger partial charge in [-0.15, -0.1) is 0 Å². The van der Waals surface area contributed by atoms with Crippen molar-refractivity contribution in [1.82, 2.24) is 10.6 Å². The van der Waals surface area contributed by atoms with E-state index < -0.39 is 19.8 Å². The molecule has 0 heterocycles. The Balaban J connectivity index is 3.81. The van der Waals surface area contributed by atoms with Crippen LogP contribution in [0, 0.1) is 0 Å². The largest absolute Gasteiger partial charge is 0.465 e. The molecule has 1 amide bonds. The Hall–Kier alpha value is -0.660. The third-order valence-electron chi connectivity index (χ3n) is 2.08. The maximum Gasteiger partial charge on any atom is 0.404 e. The molecule has 1 unspecified atom stereocenters. The van der Waals surface area contributed by atoms with Crippen molar-refractivity contribution in [2.24, 2.45) is 0 Å². The second-order valence-corrected chi connectivity index (χ2v) is 5.90. The highest BCUT2D eigenvalue weighted by molar-refractivity contribution is 7.53. The second kappa shape index (κ2) is 10.2. The molecule has 0 aromatic carbocycles. The first-order valence-corrected chi connectivity index (χ1v) is 7.90. The van der Waals surface area contributed by atoms with E-state index in [0.717, 1.165) is 0 Å². The topological polar surface area (TPSA) is 117 Å². The molecule has 0 saturated heterocycles. The number of hydrogen-bond acceptors (Lipinski definition) is 6. The van der Waals surface area contributed by atoms with Crippen molar-refractivity contribution in [1.29, 1.82) is 0 Å². The molecule has 0 aliphatic heterocycles. The number of carbonyl (C=O) groups is 1. The molecule has 0 aromatic rings. The highest BCUT2D eigenvalue weighted by atomic mass is 31.2. The molecule has 0 aromatic heterocycles. The predicted molar refractivity (Wildman–Crippen MR) is 70.6 cm³/mol. The lowest BCUT2D eigenvalue weighted by Gasteiger charge is -2.17. The fourth-order valence-electron chi connectivity index (χ4n) is 1.32. The van der Waals surface area contributed by atoms with Crippen molar-refractivity contribution < 1.29 is 28.6 Å². The number of aliphatic hydroxyl groups is 1. The van der Waals surface area contributed by atoms with Gasteiger partial charge in [0, 0.05) is 19.6 Å². The SMILES string of the molecule is CCOP(=O)(CCNCC(O)CNC(=O)O)OCC. The first kappa shape index (κ1) is 18.3. The van der Waals surface area contributed by atoms with Gasteiger partial charge in [-0.2, -0.15) is 0 Å². The number of aliphatic hydroxyl groups excluding tert-OH is 1. The van der Waals surface area contributed by atoms with Crippen molar-refractivity contribution >= 4 is 13.7 Å². The summed E-state index contributed by atoms with van der Waals surface area (Å²) in [6.07, 6.45) is -1.82. The van der Waals surface area contributed by atoms with Gasteiger partial charge in [-0.3, -0.25) is 4.57 Å². The number of hydrogen-bond donors (Lipinski definition) is 4. The van der Waals surface area contributed by atoms with Crippen LogP contribution in [0.1, 0.15) is 13.8 Å². The molecule has 4 N–H and O–H groups in total. The maximum absolute atomic E-state index is 12.0. The molecule has 0 fully saturated rings. The maximum atomic E-state index is 12.0. The van der Waals surface area contributed by atoms with E-state index in [1.807, 2.05) is 0 Å². The standard InChI is InChI=1S/C10H23N2O6P/c1-3-17-19(16,18-4-2)6-5-11-7-9(13)8-12-10(14)15/h9,11-13H,3-8H2,1-2H3,(H,14,15). The van der Waals surface area contributed by atoms with Crippen molar-refractivity contribution in [2.45, 2.75) is 20.0 Å². The third kappa shape index (κ3) is 9.86. The zero-order valence-electron chi connectivity index (χ0n) is 11.3. The van der Waals surface area contributed by atoms with E-state index in [4.69, 9.17) is 14.2 Å². The van der Waals surface area contributed by atoms with E-state index in [1.165, 1.54) is 0 Å². The Kier molecular flexibility index (Phi) is 9.81. The lowest BCUT2D eigenvalue weighted by Crippen LogP contribution is -2.38. The van der Waals surface area contributed by atoms with Gasteiger partial charge in [-0.05, 0) is 13.8 Å². The summed E-state index contributed by atoms with van der Waals surface area (Å²) in [4.78, 5) is 10.2. The van der Waals surface area contributed by atoms with Crippen LogP contribution in [0.25, 0.3) is 0 Å². The van der Waals surface area contributed by atoms with Crippen molar-refractivity contribution in [3.05, 3.63) is 0 Å². The van der Waals surface area contributed by atoms with E-state index in [0.29, 0.717) is 19.8 Å². The van der Waals surface area contributed by atoms with Gasteiger partial charge in [0.25, 0.3) is 0 Å². The van der Waals surface area contributed by atoms with E-state index in [9.17, 15) is 14.5 Å². The van der Waals surface area contributed by atoms with E-state index in [1.54, 1.807) is 13.8 Å². The lowest BCUT2D eigenvalue weighted by atomic mass is 10.3. The molecule has 8 nitrogen and oxygen atoms in total. The van der Waals surface area contributed by atoms with E-state index >= 15 is 0 Å². The monoisotopic (exact) mass is 298 g/mol. The quantitative estimate of drug-likeness (QED) is 0.323. The second-order valence-electron chi connectivity index (χ2n) is 3.71. The molecule has 0 spiro atoms. The summed E-state index contributed by atoms with van der Waals surface area (Å²) >= 11 is 0. The molecule has 1 atom stereocenters. The average molecular weight is 298 g/mol. The Morgan fingerprint density at radius 3 is 2.32 bits per heavy atom. The summed E-state index contributed by atoms with van der Waals surface area (Å²) in [7, 11) is -3.06. The summed E-state index contributed by atoms with van der Waals surface area (Å²) in [5, 5.41) is 22.7. The number of carboxylic acid groups (broad SMARTS) is 1. The molecule has 0 aliphatic carbocycles. The Bertz CT molecular complexity index is 292. The fourth-order valence-corrected chi connectivity index (χ4v) is 2.87. The predicted octanol–water partition coefficient (Wildman–Crippen LogP) is 0.471. The molecule has 0 saturated carbocycles. The van der Waals surface area contributed by atoms with Gasteiger partial charge in [0.2, 0.25) is 0 Å². The number of amides is 1. The zero-order valence-corrected chi connectivity index (χ0v) is 12.2. The van der Waals surface area contributed by atoms with Crippen LogP contribution in [-0.2, 0) is 13.6 Å². The third-order valence-corrected chi connectivity index (χ3v) is 4.16. The molecule has 0 rings (SSSR count). The molecule has 9 heteroatoms. The van der Waals surface area contributed by atoms with Gasteiger partial charge in [-0.1, -0.05) is 0 Å². The number of rotatable bonds is 11. The van der Waals surface area contributed by atoms with Crippen LogP contribution < -0.4 is 10.6 Å². The first-order valence-electron chi connectivity index (χ1n) is 6.17. The fraction of sp³-hybridized carbons (Fsp3) is 0.900. The first-order chi connectivity index (χ1) is 8.93. The van der Waals surface area contributed by atoms with Crippen LogP contribution in [-0.4, -0.2) is 61.4 Å². The van der Waals surface area contributed by atoms with Gasteiger partial charge in [0.15, 0.2) is 0 Å². The zero-order chi connectivity index (χ0) is 14.7. The lowest BCUT2D eigenvalue weighted by molar-refractivity contribution is 0.155. The molecule has 0 aliphatic rings. The molecular weight excluding hydrogens is 275 g/mol. The van der Waals surface area contributed by atoms with Crippen LogP contribution in [0.4, 0.5) is 4.79 Å². The Morgan fingerprint density at radius 2 is 1.84 bits per heavy atom. The van der Waals surface area contributed by atoms with E-state index in [-0.39, 0.29) is 19.3 Å². The van der Waals surface area contributed by atoms with Crippen molar-refractivity contribution in [3.63, 3.8) is 0 Å². The summed E-state index contributed by atoms with van der Waals surface area (Å²) < 4.78 is 22.2. The summed E-state index contributed by atoms with van der Waals surface area (Å²) in [6.45, 7) is 4.57. The molecule has 0 radical (unpaired) electrons. The highest BCUT2D eigenvalue weighted by Crippen LogP contribution is 2.47. The minimum Gasteiger partial charge on any atom is -0.465 e. The Labute approximate surface area is 113 Å². The normalized spacial score (nSPS) is 13.2. The van der Waals surface area contributed by atoms with Gasteiger partial charge in [0.1, 0.15) is 0 Å². The molecule has 19 heavy (non-hydrogen) atoms. The molecule has 0 bridgehead atoms. The van der Waals surface area contributed by atoms with Crippen LogP contribution in [0.2, 0.25) is 0 Å². The van der Waals surface area contributed by atoms with Crippen molar-refractivity contribution in [2.75, 3.05) is 39.0 Å². The minimum absolute atomic E-state index is 0.0586. The molecule has 114 valence electrons. The summed E-state index contributed by atoms with van der Waals surface area (Å²) in [5.74, 6) is 0. The van der Waals surface area contributed by atoms with Gasteiger partial charge in [-0.25, -0.2) is 4.79 Å². The number of nitrogens with one attached hydrogen (secondary N) is 2. The van der Waals surface area contributed by atoms with Crippen molar-refractivity contribution in [3.8, 4) is 0 Å². The van der Waals surface area contributed by atoms with Gasteiger partial charge >= 0.3 is 13.7 Å². The Morgan fingerprint density at radius 1 is 1.26 bits per heavy atom. The van der Waals surface area contributed by atoms with Gasteiger partial charge < -0.3 is 29.9 Å². The smallest absolute Gasteiger partial charge is 0.404 e. The van der Waals surface area contributed by atoms with Crippen LogP contribution in [0.15, 0.2) is 0 Å². The van der Waals surface area contributed by atoms with Crippen LogP contribution in [0.5, 0.6) is 0 Å². The highest BCUT2D eigenvalue weighted by Gasteiger charge is 2.22. The van der Waals surface area contributed by atoms with Gasteiger partial charge in [0.05, 0.1) is 25.5 Å². The van der Waals surface area contributed by atoms with Crippen LogP contribution in [0.3, 0.4) is 0 Å². The molecular formula is C10H23N2O6P. The average Bonchev–Trinajstić information content (AvgIpc) is 2.33. The summed E-state index contributed by atoms with van der Waals surface area (Å²) in [6, 6.07) is 0. The summed E-state index contributed by atoms with van der Waals surface area (Å²) in [5.41, 5.74) is 0. The van der Waals surface area contributed by atoms with Crippen LogP contribution >= 0.6 is 7.60 Å².